The van der Waals surface area contributed by atoms with E-state index in [9.17, 15) is 22.0 Å². The Balaban J connectivity index is 1.56. The molecule has 0 fully saturated rings. The number of allylic oxidation sites excluding steroid dienone is 2. The first-order valence-electron chi connectivity index (χ1n) is 11.1. The van der Waals surface area contributed by atoms with E-state index in [0.717, 1.165) is 31.4 Å². The number of benzene rings is 3. The molecule has 2 unspecified atom stereocenters. The van der Waals surface area contributed by atoms with Crippen LogP contribution >= 0.6 is 11.6 Å². The zero-order chi connectivity index (χ0) is 25.3. The Morgan fingerprint density at radius 2 is 1.54 bits per heavy atom. The van der Waals surface area contributed by atoms with Crippen LogP contribution < -0.4 is 4.74 Å². The van der Waals surface area contributed by atoms with Crippen molar-refractivity contribution in [2.45, 2.75) is 38.2 Å². The third-order valence-corrected chi connectivity index (χ3v) is 6.60. The van der Waals surface area contributed by atoms with Gasteiger partial charge in [0.15, 0.2) is 17.5 Å². The molecule has 0 N–H and O–H groups in total. The lowest BCUT2D eigenvalue weighted by atomic mass is 9.83. The van der Waals surface area contributed by atoms with Crippen molar-refractivity contribution >= 4 is 11.6 Å². The second kappa shape index (κ2) is 9.97. The summed E-state index contributed by atoms with van der Waals surface area (Å²) in [4.78, 5) is 0. The second-order valence-corrected chi connectivity index (χ2v) is 8.84. The summed E-state index contributed by atoms with van der Waals surface area (Å²) >= 11 is 6.31. The molecule has 0 saturated heterocycles. The Labute approximate surface area is 204 Å². The van der Waals surface area contributed by atoms with E-state index in [1.807, 2.05) is 6.08 Å². The van der Waals surface area contributed by atoms with Gasteiger partial charge < -0.3 is 4.74 Å². The van der Waals surface area contributed by atoms with E-state index in [2.05, 4.69) is 17.7 Å². The van der Waals surface area contributed by atoms with Crippen LogP contribution in [0.15, 0.2) is 60.7 Å². The van der Waals surface area contributed by atoms with Crippen molar-refractivity contribution in [3.05, 3.63) is 100 Å². The van der Waals surface area contributed by atoms with Crippen LogP contribution in [0.3, 0.4) is 0 Å². The summed E-state index contributed by atoms with van der Waals surface area (Å²) in [7, 11) is 0. The van der Waals surface area contributed by atoms with E-state index in [0.29, 0.717) is 34.7 Å². The largest absolute Gasteiger partial charge is 0.429 e. The third-order valence-electron chi connectivity index (χ3n) is 6.24. The molecule has 0 amide bonds. The molecule has 0 saturated carbocycles. The molecule has 4 rings (SSSR count). The van der Waals surface area contributed by atoms with Gasteiger partial charge >= 0.3 is 6.11 Å². The molecule has 2 atom stereocenters. The van der Waals surface area contributed by atoms with Crippen LogP contribution in [0.4, 0.5) is 26.3 Å². The van der Waals surface area contributed by atoms with Gasteiger partial charge in [0.2, 0.25) is 0 Å². The highest BCUT2D eigenvalue weighted by molar-refractivity contribution is 6.33. The summed E-state index contributed by atoms with van der Waals surface area (Å²) in [6, 6.07) is 8.64. The molecule has 0 heterocycles. The Kier molecular flexibility index (Phi) is 7.17. The average Bonchev–Trinajstić information content (AvgIpc) is 2.84. The number of hydrogen-bond acceptors (Lipinski definition) is 1. The Morgan fingerprint density at radius 1 is 0.886 bits per heavy atom. The molecule has 0 radical (unpaired) electrons. The summed E-state index contributed by atoms with van der Waals surface area (Å²) < 4.78 is 88.3. The maximum absolute atomic E-state index is 15.1. The zero-order valence-corrected chi connectivity index (χ0v) is 19.4. The highest BCUT2D eigenvalue weighted by Crippen LogP contribution is 2.39. The van der Waals surface area contributed by atoms with Crippen LogP contribution in [0.25, 0.3) is 11.1 Å². The fourth-order valence-corrected chi connectivity index (χ4v) is 4.47. The molecule has 1 nitrogen and oxygen atoms in total. The third kappa shape index (κ3) is 5.20. The van der Waals surface area contributed by atoms with Gasteiger partial charge in [0, 0.05) is 23.6 Å². The molecule has 0 bridgehead atoms. The normalized spacial score (nSPS) is 18.1. The van der Waals surface area contributed by atoms with E-state index in [1.54, 1.807) is 12.1 Å². The molecule has 184 valence electrons. The zero-order valence-electron chi connectivity index (χ0n) is 18.6. The molecule has 35 heavy (non-hydrogen) atoms. The maximum Gasteiger partial charge on any atom is 0.426 e. The molecule has 0 aromatic heterocycles. The molecular weight excluding hydrogens is 490 g/mol. The quantitative estimate of drug-likeness (QED) is 0.182. The topological polar surface area (TPSA) is 9.23 Å². The van der Waals surface area contributed by atoms with E-state index in [-0.39, 0.29) is 10.9 Å². The molecule has 3 aromatic rings. The Morgan fingerprint density at radius 3 is 2.11 bits per heavy atom. The highest BCUT2D eigenvalue weighted by atomic mass is 35.5. The fourth-order valence-electron chi connectivity index (χ4n) is 4.19. The van der Waals surface area contributed by atoms with E-state index < -0.39 is 40.7 Å². The van der Waals surface area contributed by atoms with Crippen LogP contribution in [-0.4, -0.2) is 0 Å². The summed E-state index contributed by atoms with van der Waals surface area (Å²) in [5, 5.41) is -0.110. The Hall–Kier alpha value is -2.93. The first-order valence-corrected chi connectivity index (χ1v) is 11.5. The van der Waals surface area contributed by atoms with Crippen LogP contribution in [0.2, 0.25) is 5.02 Å². The molecular formula is C27H21ClF6O. The summed E-state index contributed by atoms with van der Waals surface area (Å²) in [5.74, 6) is -6.11. The lowest BCUT2D eigenvalue weighted by molar-refractivity contribution is -0.185. The highest BCUT2D eigenvalue weighted by Gasteiger charge is 2.35. The fraction of sp³-hybridized carbons (Fsp3) is 0.259. The van der Waals surface area contributed by atoms with E-state index in [1.165, 1.54) is 12.1 Å². The minimum atomic E-state index is -3.97. The van der Waals surface area contributed by atoms with Gasteiger partial charge in [-0.05, 0) is 48.4 Å². The minimum Gasteiger partial charge on any atom is -0.429 e. The van der Waals surface area contributed by atoms with Gasteiger partial charge in [-0.1, -0.05) is 54.9 Å². The van der Waals surface area contributed by atoms with Gasteiger partial charge in [-0.15, -0.1) is 0 Å². The first kappa shape index (κ1) is 25.2. The molecule has 8 heteroatoms. The molecule has 0 aliphatic heterocycles. The number of hydrogen-bond donors (Lipinski definition) is 0. The average molecular weight is 511 g/mol. The second-order valence-electron chi connectivity index (χ2n) is 8.46. The first-order chi connectivity index (χ1) is 16.6. The molecule has 1 aliphatic rings. The number of ether oxygens (including phenoxy) is 1. The number of halogens is 7. The SMILES string of the molecule is CCC1C=CC(c2ccc(-c3ccc(C(F)(F)Oc4cc(F)c(F)c(F)c4)cc3)c(Cl)c2F)CC1. The monoisotopic (exact) mass is 510 g/mol. The van der Waals surface area contributed by atoms with E-state index in [4.69, 9.17) is 11.6 Å². The summed E-state index contributed by atoms with van der Waals surface area (Å²) in [6.07, 6.45) is 2.94. The van der Waals surface area contributed by atoms with Crippen molar-refractivity contribution in [2.24, 2.45) is 5.92 Å². The van der Waals surface area contributed by atoms with Gasteiger partial charge in [-0.25, -0.2) is 17.6 Å². The lowest BCUT2D eigenvalue weighted by Gasteiger charge is -2.23. The molecule has 1 aliphatic carbocycles. The van der Waals surface area contributed by atoms with E-state index >= 15 is 4.39 Å². The molecule has 3 aromatic carbocycles. The predicted octanol–water partition coefficient (Wildman–Crippen LogP) is 9.15. The van der Waals surface area contributed by atoms with Gasteiger partial charge in [-0.3, -0.25) is 0 Å². The van der Waals surface area contributed by atoms with Crippen molar-refractivity contribution < 1.29 is 31.1 Å². The smallest absolute Gasteiger partial charge is 0.426 e. The van der Waals surface area contributed by atoms with Crippen LogP contribution in [-0.2, 0) is 6.11 Å². The minimum absolute atomic E-state index is 0.0799. The Bertz CT molecular complexity index is 1230. The molecule has 0 spiro atoms. The lowest BCUT2D eigenvalue weighted by Crippen LogP contribution is -2.22. The number of alkyl halides is 2. The van der Waals surface area contributed by atoms with Gasteiger partial charge in [0.1, 0.15) is 11.6 Å². The van der Waals surface area contributed by atoms with Crippen LogP contribution in [0.1, 0.15) is 43.2 Å². The summed E-state index contributed by atoms with van der Waals surface area (Å²) in [6.45, 7) is 2.11. The summed E-state index contributed by atoms with van der Waals surface area (Å²) in [5.41, 5.74) is 0.582. The van der Waals surface area contributed by atoms with Gasteiger partial charge in [-0.2, -0.15) is 8.78 Å². The van der Waals surface area contributed by atoms with Crippen molar-refractivity contribution in [3.63, 3.8) is 0 Å². The predicted molar refractivity (Wildman–Crippen MR) is 123 cm³/mol. The standard InChI is InChI=1S/C27H21ClF6O/c1-2-15-3-5-17(6-4-15)21-12-11-20(24(28)25(21)31)16-7-9-18(10-8-16)27(33,34)35-19-13-22(29)26(32)23(30)14-19/h3,5,7-15,17H,2,4,6H2,1H3. The van der Waals surface area contributed by atoms with Gasteiger partial charge in [0.25, 0.3) is 0 Å². The number of rotatable bonds is 6. The van der Waals surface area contributed by atoms with Crippen molar-refractivity contribution in [2.75, 3.05) is 0 Å². The van der Waals surface area contributed by atoms with Crippen molar-refractivity contribution in [1.29, 1.82) is 0 Å². The van der Waals surface area contributed by atoms with Crippen molar-refractivity contribution in [3.8, 4) is 16.9 Å². The van der Waals surface area contributed by atoms with Crippen molar-refractivity contribution in [1.82, 2.24) is 0 Å². The van der Waals surface area contributed by atoms with Crippen LogP contribution in [0.5, 0.6) is 5.75 Å². The van der Waals surface area contributed by atoms with Crippen LogP contribution in [0, 0.1) is 29.2 Å². The van der Waals surface area contributed by atoms with Gasteiger partial charge in [0.05, 0.1) is 10.6 Å². The maximum atomic E-state index is 15.1.